The lowest BCUT2D eigenvalue weighted by molar-refractivity contribution is 0.953. The fourth-order valence-electron chi connectivity index (χ4n) is 3.57. The molecule has 0 aliphatic heterocycles. The molecule has 0 N–H and O–H groups in total. The van der Waals surface area contributed by atoms with Crippen LogP contribution < -0.4 is 0 Å². The molecule has 0 spiro atoms. The number of aryl methyl sites for hydroxylation is 1. The Balaban J connectivity index is 2.04. The van der Waals surface area contributed by atoms with Crippen LogP contribution in [-0.4, -0.2) is 14.5 Å². The molecule has 24 heavy (non-hydrogen) atoms. The van der Waals surface area contributed by atoms with Gasteiger partial charge in [0, 0.05) is 24.0 Å². The molecule has 0 fully saturated rings. The number of aromatic nitrogens is 3. The fraction of sp³-hybridized carbons (Fsp3) is 0.0476. The van der Waals surface area contributed by atoms with Crippen LogP contribution >= 0.6 is 0 Å². The fourth-order valence-corrected chi connectivity index (χ4v) is 3.57. The Kier molecular flexibility index (Phi) is 2.71. The highest BCUT2D eigenvalue weighted by Crippen LogP contribution is 2.36. The molecule has 3 nitrogen and oxygen atoms in total. The molecular formula is C21H15N3. The summed E-state index contributed by atoms with van der Waals surface area (Å²) in [6.07, 6.45) is 1.81. The monoisotopic (exact) mass is 309 g/mol. The van der Waals surface area contributed by atoms with Gasteiger partial charge in [0.25, 0.3) is 0 Å². The van der Waals surface area contributed by atoms with Crippen LogP contribution in [0.15, 0.2) is 72.9 Å². The Morgan fingerprint density at radius 2 is 1.33 bits per heavy atom. The van der Waals surface area contributed by atoms with E-state index >= 15 is 0 Å². The first-order valence-electron chi connectivity index (χ1n) is 8.02. The average molecular weight is 309 g/mol. The summed E-state index contributed by atoms with van der Waals surface area (Å²) in [5.41, 5.74) is 3.08. The maximum atomic E-state index is 4.96. The second-order valence-corrected chi connectivity index (χ2v) is 6.00. The highest BCUT2D eigenvalue weighted by Gasteiger charge is 2.16. The number of imidazole rings is 1. The third-order valence-corrected chi connectivity index (χ3v) is 4.64. The Morgan fingerprint density at radius 1 is 0.708 bits per heavy atom. The standard InChI is InChI=1S/C21H15N3/c1-24-20-17-11-5-3-9-15(17)14-8-2-4-10-16(14)19(20)23-21(24)18-12-6-7-13-22-18/h2-13H,1H3. The molecule has 0 amide bonds. The van der Waals surface area contributed by atoms with Crippen molar-refractivity contribution in [1.82, 2.24) is 14.5 Å². The minimum atomic E-state index is 0.893. The van der Waals surface area contributed by atoms with E-state index < -0.39 is 0 Å². The van der Waals surface area contributed by atoms with E-state index in [1.165, 1.54) is 21.5 Å². The molecule has 0 bridgehead atoms. The molecule has 0 atom stereocenters. The van der Waals surface area contributed by atoms with E-state index in [2.05, 4.69) is 65.1 Å². The second kappa shape index (κ2) is 4.90. The summed E-state index contributed by atoms with van der Waals surface area (Å²) in [4.78, 5) is 9.44. The number of hydrogen-bond acceptors (Lipinski definition) is 2. The second-order valence-electron chi connectivity index (χ2n) is 6.00. The van der Waals surface area contributed by atoms with Crippen molar-refractivity contribution in [3.8, 4) is 11.5 Å². The van der Waals surface area contributed by atoms with Crippen LogP contribution in [0.4, 0.5) is 0 Å². The van der Waals surface area contributed by atoms with Crippen molar-refractivity contribution in [3.63, 3.8) is 0 Å². The van der Waals surface area contributed by atoms with Gasteiger partial charge in [-0.05, 0) is 22.9 Å². The average Bonchev–Trinajstić information content (AvgIpc) is 3.01. The van der Waals surface area contributed by atoms with Gasteiger partial charge in [0.1, 0.15) is 5.69 Å². The quantitative estimate of drug-likeness (QED) is 0.411. The van der Waals surface area contributed by atoms with Gasteiger partial charge in [-0.15, -0.1) is 0 Å². The number of rotatable bonds is 1. The topological polar surface area (TPSA) is 30.7 Å². The van der Waals surface area contributed by atoms with Crippen molar-refractivity contribution in [1.29, 1.82) is 0 Å². The lowest BCUT2D eigenvalue weighted by atomic mass is 10.00. The molecule has 0 saturated carbocycles. The highest BCUT2D eigenvalue weighted by molar-refractivity contribution is 6.23. The Morgan fingerprint density at radius 3 is 2.04 bits per heavy atom. The van der Waals surface area contributed by atoms with Crippen molar-refractivity contribution in [2.45, 2.75) is 0 Å². The smallest absolute Gasteiger partial charge is 0.159 e. The van der Waals surface area contributed by atoms with Crippen LogP contribution in [0.5, 0.6) is 0 Å². The van der Waals surface area contributed by atoms with Gasteiger partial charge in [-0.2, -0.15) is 0 Å². The number of benzene rings is 3. The van der Waals surface area contributed by atoms with Crippen molar-refractivity contribution < 1.29 is 0 Å². The summed E-state index contributed by atoms with van der Waals surface area (Å²) in [6.45, 7) is 0. The van der Waals surface area contributed by atoms with Crippen LogP contribution in [0.2, 0.25) is 0 Å². The summed E-state index contributed by atoms with van der Waals surface area (Å²) in [6, 6.07) is 23.0. The molecule has 114 valence electrons. The van der Waals surface area contributed by atoms with Gasteiger partial charge in [-0.1, -0.05) is 54.6 Å². The maximum absolute atomic E-state index is 4.96. The lowest BCUT2D eigenvalue weighted by Crippen LogP contribution is -1.94. The van der Waals surface area contributed by atoms with E-state index in [4.69, 9.17) is 4.98 Å². The van der Waals surface area contributed by atoms with Gasteiger partial charge in [-0.3, -0.25) is 4.98 Å². The third-order valence-electron chi connectivity index (χ3n) is 4.64. The minimum absolute atomic E-state index is 0.893. The minimum Gasteiger partial charge on any atom is -0.325 e. The number of pyridine rings is 1. The van der Waals surface area contributed by atoms with Gasteiger partial charge < -0.3 is 4.57 Å². The Bertz CT molecular complexity index is 1200. The molecule has 5 aromatic rings. The molecule has 2 heterocycles. The molecule has 0 aliphatic carbocycles. The lowest BCUT2D eigenvalue weighted by Gasteiger charge is -2.07. The van der Waals surface area contributed by atoms with E-state index in [1.54, 1.807) is 0 Å². The van der Waals surface area contributed by atoms with Crippen LogP contribution in [0.25, 0.3) is 44.1 Å². The van der Waals surface area contributed by atoms with Crippen LogP contribution in [0.1, 0.15) is 0 Å². The normalized spacial score (nSPS) is 11.5. The van der Waals surface area contributed by atoms with Crippen molar-refractivity contribution in [3.05, 3.63) is 72.9 Å². The zero-order valence-corrected chi connectivity index (χ0v) is 13.3. The van der Waals surface area contributed by atoms with Crippen molar-refractivity contribution >= 4 is 32.6 Å². The zero-order chi connectivity index (χ0) is 16.1. The van der Waals surface area contributed by atoms with E-state index in [0.717, 1.165) is 22.6 Å². The number of nitrogens with zero attached hydrogens (tertiary/aromatic N) is 3. The number of fused-ring (bicyclic) bond motifs is 6. The molecule has 0 saturated heterocycles. The maximum Gasteiger partial charge on any atom is 0.159 e. The third kappa shape index (κ3) is 1.72. The van der Waals surface area contributed by atoms with E-state index in [-0.39, 0.29) is 0 Å². The van der Waals surface area contributed by atoms with Crippen LogP contribution in [-0.2, 0) is 7.05 Å². The molecular weight excluding hydrogens is 294 g/mol. The van der Waals surface area contributed by atoms with Crippen LogP contribution in [0, 0.1) is 0 Å². The molecule has 2 aromatic heterocycles. The Labute approximate surface area is 139 Å². The van der Waals surface area contributed by atoms with E-state index in [9.17, 15) is 0 Å². The first-order valence-corrected chi connectivity index (χ1v) is 8.02. The first kappa shape index (κ1) is 13.3. The zero-order valence-electron chi connectivity index (χ0n) is 13.3. The largest absolute Gasteiger partial charge is 0.325 e. The number of hydrogen-bond donors (Lipinski definition) is 0. The summed E-state index contributed by atoms with van der Waals surface area (Å²) in [5.74, 6) is 0.895. The van der Waals surface area contributed by atoms with Crippen LogP contribution in [0.3, 0.4) is 0 Å². The highest BCUT2D eigenvalue weighted by atomic mass is 15.1. The van der Waals surface area contributed by atoms with Gasteiger partial charge in [0.15, 0.2) is 5.82 Å². The van der Waals surface area contributed by atoms with Gasteiger partial charge in [0.05, 0.1) is 11.0 Å². The van der Waals surface area contributed by atoms with Gasteiger partial charge >= 0.3 is 0 Å². The van der Waals surface area contributed by atoms with Crippen molar-refractivity contribution in [2.24, 2.45) is 7.05 Å². The summed E-state index contributed by atoms with van der Waals surface area (Å²) < 4.78 is 2.16. The van der Waals surface area contributed by atoms with Gasteiger partial charge in [0.2, 0.25) is 0 Å². The predicted molar refractivity (Wildman–Crippen MR) is 99.0 cm³/mol. The first-order chi connectivity index (χ1) is 11.8. The summed E-state index contributed by atoms with van der Waals surface area (Å²) in [5, 5.41) is 4.91. The van der Waals surface area contributed by atoms with E-state index in [1.807, 2.05) is 24.4 Å². The molecule has 0 unspecified atom stereocenters. The molecule has 0 radical (unpaired) electrons. The summed E-state index contributed by atoms with van der Waals surface area (Å²) in [7, 11) is 2.07. The van der Waals surface area contributed by atoms with Crippen molar-refractivity contribution in [2.75, 3.05) is 0 Å². The predicted octanol–water partition coefficient (Wildman–Crippen LogP) is 4.94. The molecule has 0 aliphatic rings. The molecule has 3 heteroatoms. The molecule has 5 rings (SSSR count). The van der Waals surface area contributed by atoms with E-state index in [0.29, 0.717) is 0 Å². The Hall–Kier alpha value is -3.20. The summed E-state index contributed by atoms with van der Waals surface area (Å²) >= 11 is 0. The molecule has 3 aromatic carbocycles. The van der Waals surface area contributed by atoms with Gasteiger partial charge in [-0.25, -0.2) is 4.98 Å². The SMILES string of the molecule is Cn1c(-c2ccccn2)nc2c3ccccc3c3ccccc3c21.